The van der Waals surface area contributed by atoms with Crippen molar-refractivity contribution in [3.05, 3.63) is 36.4 Å². The van der Waals surface area contributed by atoms with Crippen molar-refractivity contribution in [2.24, 2.45) is 0 Å². The Bertz CT molecular complexity index is 794. The molecule has 11 nitrogen and oxygen atoms in total. The molecule has 2 rings (SSSR count). The number of carbonyl (C=O) groups excluding carboxylic acids is 1. The summed E-state index contributed by atoms with van der Waals surface area (Å²) in [6, 6.07) is -0.353. The Morgan fingerprint density at radius 3 is 1.82 bits per heavy atom. The van der Waals surface area contributed by atoms with Crippen molar-refractivity contribution in [2.45, 2.75) is 46.1 Å². The van der Waals surface area contributed by atoms with Crippen LogP contribution in [-0.2, 0) is 67.0 Å². The molecule has 2 aromatic rings. The second kappa shape index (κ2) is 9.89. The second-order valence-electron chi connectivity index (χ2n) is 6.28. The van der Waals surface area contributed by atoms with E-state index in [2.05, 4.69) is 9.97 Å². The third-order valence-corrected chi connectivity index (χ3v) is 7.95. The number of nitrogens with zero attached hydrogens (tertiary/aromatic N) is 6. The Labute approximate surface area is 178 Å². The quantitative estimate of drug-likeness (QED) is 0.277. The third kappa shape index (κ3) is 5.94. The number of carbonyl (C=O) groups is 3. The monoisotopic (exact) mass is 579 g/mol. The van der Waals surface area contributed by atoms with Gasteiger partial charge in [-0.3, -0.25) is 0 Å². The van der Waals surface area contributed by atoms with Crippen LogP contribution < -0.4 is 0 Å². The average molecular weight is 578 g/mol. The first kappa shape index (κ1) is 22.2. The van der Waals surface area contributed by atoms with Crippen LogP contribution in [0.5, 0.6) is 0 Å². The maximum absolute atomic E-state index is 11.9. The van der Waals surface area contributed by atoms with Gasteiger partial charge in [0.2, 0.25) is 0 Å². The van der Waals surface area contributed by atoms with E-state index in [1.807, 2.05) is 7.78 Å². The van der Waals surface area contributed by atoms with E-state index in [0.29, 0.717) is 11.6 Å². The van der Waals surface area contributed by atoms with Crippen molar-refractivity contribution < 1.29 is 51.0 Å². The van der Waals surface area contributed by atoms with E-state index in [4.69, 9.17) is 10.2 Å². The molecule has 0 spiro atoms. The molecule has 2 heterocycles. The van der Waals surface area contributed by atoms with Crippen molar-refractivity contribution in [2.75, 3.05) is 0 Å². The molecule has 0 saturated carbocycles. The molecule has 0 fully saturated rings. The van der Waals surface area contributed by atoms with E-state index in [0.717, 1.165) is 0 Å². The van der Waals surface area contributed by atoms with Crippen LogP contribution in [0, 0.1) is 0 Å². The summed E-state index contributed by atoms with van der Waals surface area (Å²) in [6.07, 6.45) is 6.23. The van der Waals surface area contributed by atoms with Crippen molar-refractivity contribution in [3.63, 3.8) is 0 Å². The van der Waals surface area contributed by atoms with E-state index in [1.54, 1.807) is 19.3 Å². The third-order valence-electron chi connectivity index (χ3n) is 4.26. The molecule has 0 aliphatic rings. The second-order valence-corrected chi connectivity index (χ2v) is 8.80. The molecule has 0 aliphatic carbocycles. The average Bonchev–Trinajstić information content (AvgIpc) is 3.21. The zero-order chi connectivity index (χ0) is 20.8. The van der Waals surface area contributed by atoms with Crippen LogP contribution in [0.1, 0.15) is 25.5 Å². The molecule has 147 valence electrons. The number of carboxylic acid groups (broad SMARTS) is 2. The van der Waals surface area contributed by atoms with Crippen molar-refractivity contribution >= 4 is 17.7 Å². The van der Waals surface area contributed by atoms with Gasteiger partial charge in [0, 0.05) is 0 Å². The fourth-order valence-corrected chi connectivity index (χ4v) is 4.36. The molecule has 2 aromatic heterocycles. The molecular weight excluding hydrogens is 557 g/mol. The number of aliphatic carboxylic acids is 2. The molecule has 1 atom stereocenters. The zero-order valence-corrected chi connectivity index (χ0v) is 21.2. The molecule has 2 N–H and O–H groups in total. The zero-order valence-electron chi connectivity index (χ0n) is 15.7. The van der Waals surface area contributed by atoms with Crippen LogP contribution in [-0.4, -0.2) is 60.9 Å². The van der Waals surface area contributed by atoms with E-state index < -0.39 is 11.9 Å². The summed E-state index contributed by atoms with van der Waals surface area (Å²) in [6.45, 7) is 3.41. The number of hydrogen-bond acceptors (Lipinski definition) is 7. The first-order valence-corrected chi connectivity index (χ1v) is 10.9. The molecule has 12 heteroatoms. The van der Waals surface area contributed by atoms with Gasteiger partial charge in [0.1, 0.15) is 0 Å². The molecular formula is C16H21HgN6O5. The predicted octanol–water partition coefficient (Wildman–Crippen LogP) is -0.0927. The van der Waals surface area contributed by atoms with Crippen LogP contribution in [0.4, 0.5) is 0 Å². The van der Waals surface area contributed by atoms with Crippen LogP contribution in [0.15, 0.2) is 24.8 Å². The first-order chi connectivity index (χ1) is 13.2. The summed E-state index contributed by atoms with van der Waals surface area (Å²) >= 11 is 0.0288. The van der Waals surface area contributed by atoms with E-state index in [-0.39, 0.29) is 64.4 Å². The normalized spacial score (nSPS) is 12.5. The number of hydrazine groups is 1. The molecule has 0 radical (unpaired) electrons. The van der Waals surface area contributed by atoms with Gasteiger partial charge in [0.05, 0.1) is 0 Å². The van der Waals surface area contributed by atoms with Crippen LogP contribution >= 0.6 is 0 Å². The van der Waals surface area contributed by atoms with Gasteiger partial charge >= 0.3 is 178 Å². The number of Topliss-reactive ketones (excluding diaryl/α,β-unsaturated/α-hetero) is 1. The Hall–Kier alpha value is -2.11. The maximum atomic E-state index is 11.9. The van der Waals surface area contributed by atoms with Gasteiger partial charge in [-0.15, -0.1) is 0 Å². The van der Waals surface area contributed by atoms with Crippen LogP contribution in [0.2, 0.25) is 0 Å². The summed E-state index contributed by atoms with van der Waals surface area (Å²) in [7, 11) is 0. The van der Waals surface area contributed by atoms with Crippen LogP contribution in [0.3, 0.4) is 0 Å². The molecule has 28 heavy (non-hydrogen) atoms. The molecule has 0 bridgehead atoms. The summed E-state index contributed by atoms with van der Waals surface area (Å²) < 4.78 is 4.97. The number of aromatic nitrogens is 4. The van der Waals surface area contributed by atoms with Gasteiger partial charge < -0.3 is 0 Å². The summed E-state index contributed by atoms with van der Waals surface area (Å²) in [5.41, 5.74) is 0. The molecule has 0 aliphatic heterocycles. The number of imidazole rings is 2. The van der Waals surface area contributed by atoms with Gasteiger partial charge in [-0.05, 0) is 0 Å². The van der Waals surface area contributed by atoms with E-state index in [9.17, 15) is 14.4 Å². The topological polar surface area (TPSA) is 134 Å². The van der Waals surface area contributed by atoms with Gasteiger partial charge in [-0.25, -0.2) is 0 Å². The minimum atomic E-state index is -0.980. The van der Waals surface area contributed by atoms with Crippen molar-refractivity contribution in [3.8, 4) is 0 Å². The first-order valence-electron chi connectivity index (χ1n) is 8.47. The Kier molecular flexibility index (Phi) is 7.83. The van der Waals surface area contributed by atoms with E-state index >= 15 is 0 Å². The number of rotatable bonds is 11. The predicted molar refractivity (Wildman–Crippen MR) is 91.0 cm³/mol. The van der Waals surface area contributed by atoms with Gasteiger partial charge in [-0.2, -0.15) is 0 Å². The van der Waals surface area contributed by atoms with Crippen molar-refractivity contribution in [1.82, 2.24) is 26.9 Å². The minimum absolute atomic E-state index is 0.00255. The number of ketones is 1. The molecule has 0 amide bonds. The van der Waals surface area contributed by atoms with Crippen LogP contribution in [0.25, 0.3) is 0 Å². The SMILES string of the molecule is CC(=O)C(C)[N]([Hg])N(Cc1nccn1CC(=O)O)Cc1nccn1CC(=O)O. The fraction of sp³-hybridized carbons (Fsp3) is 0.438. The van der Waals surface area contributed by atoms with Crippen molar-refractivity contribution in [1.29, 1.82) is 0 Å². The Morgan fingerprint density at radius 1 is 1.04 bits per heavy atom. The Balaban J connectivity index is 2.29. The molecule has 0 aromatic carbocycles. The molecule has 1 unspecified atom stereocenters. The standard InChI is InChI=1S/C16H21N6O5.Hg/c1-11(12(2)23)19-22(7-13-17-3-5-20(13)9-15(24)25)8-14-18-4-6-21(14)10-16(26)27;/h3-6,11H,7-10H2,1-2H3,(H,24,25)(H,26,27);/q-1;+1. The van der Waals surface area contributed by atoms with Gasteiger partial charge in [0.25, 0.3) is 0 Å². The fourth-order valence-electron chi connectivity index (χ4n) is 2.58. The van der Waals surface area contributed by atoms with E-state index in [1.165, 1.54) is 28.5 Å². The summed E-state index contributed by atoms with van der Waals surface area (Å²) in [5.74, 6) is -0.893. The Morgan fingerprint density at radius 2 is 1.46 bits per heavy atom. The molecule has 0 saturated heterocycles. The van der Waals surface area contributed by atoms with Gasteiger partial charge in [-0.1, -0.05) is 0 Å². The number of carboxylic acids is 2. The summed E-state index contributed by atoms with van der Waals surface area (Å²) in [4.78, 5) is 42.5. The number of hydrogen-bond donors (Lipinski definition) is 2. The summed E-state index contributed by atoms with van der Waals surface area (Å²) in [5, 5.41) is 20.0. The van der Waals surface area contributed by atoms with Gasteiger partial charge in [0.15, 0.2) is 0 Å².